The summed E-state index contributed by atoms with van der Waals surface area (Å²) in [5, 5.41) is 3.67. The maximum absolute atomic E-state index is 11.1. The molecule has 0 aromatic carbocycles. The molecule has 1 heterocycles. The minimum Gasteiger partial charge on any atom is -0.341 e. The second kappa shape index (κ2) is 4.30. The molecule has 3 heteroatoms. The van der Waals surface area contributed by atoms with Gasteiger partial charge in [-0.1, -0.05) is 12.8 Å². The molecule has 80 valence electrons. The summed E-state index contributed by atoms with van der Waals surface area (Å²) >= 11 is 0. The number of nitrogens with one attached hydrogen (secondary N) is 1. The summed E-state index contributed by atoms with van der Waals surface area (Å²) in [6.07, 6.45) is 6.55. The fourth-order valence-electron chi connectivity index (χ4n) is 2.61. The summed E-state index contributed by atoms with van der Waals surface area (Å²) in [4.78, 5) is 13.1. The molecule has 14 heavy (non-hydrogen) atoms. The smallest absolute Gasteiger partial charge is 0.219 e. The third-order valence-electron chi connectivity index (χ3n) is 3.46. The Kier molecular flexibility index (Phi) is 3.06. The molecule has 1 saturated heterocycles. The number of carbonyl (C=O) groups excluding carboxylic acids is 1. The maximum Gasteiger partial charge on any atom is 0.219 e. The van der Waals surface area contributed by atoms with Crippen LogP contribution in [0.15, 0.2) is 0 Å². The number of rotatable bonds is 2. The van der Waals surface area contributed by atoms with Gasteiger partial charge in [-0.25, -0.2) is 0 Å². The molecule has 0 radical (unpaired) electrons. The van der Waals surface area contributed by atoms with Crippen LogP contribution in [-0.2, 0) is 4.79 Å². The number of likely N-dealkylation sites (tertiary alicyclic amines) is 1. The van der Waals surface area contributed by atoms with Gasteiger partial charge in [0.05, 0.1) is 0 Å². The Balaban J connectivity index is 1.75. The van der Waals surface area contributed by atoms with Crippen molar-refractivity contribution < 1.29 is 4.79 Å². The largest absolute Gasteiger partial charge is 0.341 e. The van der Waals surface area contributed by atoms with Gasteiger partial charge in [-0.2, -0.15) is 0 Å². The first-order valence-corrected chi connectivity index (χ1v) is 5.77. The molecule has 2 rings (SSSR count). The Labute approximate surface area is 85.8 Å². The highest BCUT2D eigenvalue weighted by Gasteiger charge is 2.26. The number of hydrogen-bond acceptors (Lipinski definition) is 2. The Bertz CT molecular complexity index is 211. The van der Waals surface area contributed by atoms with E-state index in [9.17, 15) is 4.79 Å². The van der Waals surface area contributed by atoms with E-state index >= 15 is 0 Å². The Morgan fingerprint density at radius 1 is 1.21 bits per heavy atom. The van der Waals surface area contributed by atoms with Crippen molar-refractivity contribution in [2.75, 3.05) is 13.1 Å². The van der Waals surface area contributed by atoms with Gasteiger partial charge in [0.2, 0.25) is 5.91 Å². The van der Waals surface area contributed by atoms with Gasteiger partial charge >= 0.3 is 0 Å². The summed E-state index contributed by atoms with van der Waals surface area (Å²) < 4.78 is 0. The van der Waals surface area contributed by atoms with Crippen LogP contribution in [0.2, 0.25) is 0 Å². The van der Waals surface area contributed by atoms with E-state index in [0.717, 1.165) is 25.6 Å². The van der Waals surface area contributed by atoms with Crippen LogP contribution in [0.5, 0.6) is 0 Å². The molecule has 1 N–H and O–H groups in total. The van der Waals surface area contributed by atoms with Gasteiger partial charge in [-0.3, -0.25) is 4.79 Å². The van der Waals surface area contributed by atoms with Crippen LogP contribution < -0.4 is 5.32 Å². The molecule has 0 bridgehead atoms. The Morgan fingerprint density at radius 2 is 1.93 bits per heavy atom. The highest BCUT2D eigenvalue weighted by molar-refractivity contribution is 5.73. The van der Waals surface area contributed by atoms with Crippen LogP contribution in [0.4, 0.5) is 0 Å². The molecule has 2 aliphatic rings. The fourth-order valence-corrected chi connectivity index (χ4v) is 2.61. The molecular formula is C11H20N2O. The molecule has 1 aliphatic carbocycles. The zero-order valence-corrected chi connectivity index (χ0v) is 8.96. The van der Waals surface area contributed by atoms with Gasteiger partial charge in [-0.05, 0) is 19.3 Å². The lowest BCUT2D eigenvalue weighted by atomic mass is 10.2. The van der Waals surface area contributed by atoms with Crippen LogP contribution >= 0.6 is 0 Å². The second-order valence-electron chi connectivity index (χ2n) is 4.60. The van der Waals surface area contributed by atoms with Gasteiger partial charge in [0.15, 0.2) is 0 Å². The van der Waals surface area contributed by atoms with Crippen LogP contribution in [-0.4, -0.2) is 36.0 Å². The van der Waals surface area contributed by atoms with Gasteiger partial charge in [0.25, 0.3) is 0 Å². The van der Waals surface area contributed by atoms with Crippen molar-refractivity contribution in [3.8, 4) is 0 Å². The average molecular weight is 196 g/mol. The highest BCUT2D eigenvalue weighted by Crippen LogP contribution is 2.20. The molecule has 1 atom stereocenters. The predicted molar refractivity (Wildman–Crippen MR) is 56.1 cm³/mol. The molecule has 0 spiro atoms. The minimum atomic E-state index is 0.223. The first-order chi connectivity index (χ1) is 6.75. The zero-order chi connectivity index (χ0) is 9.97. The number of amides is 1. The van der Waals surface area contributed by atoms with Crippen LogP contribution in [0.3, 0.4) is 0 Å². The van der Waals surface area contributed by atoms with Gasteiger partial charge in [0, 0.05) is 32.1 Å². The standard InChI is InChI=1S/C11H20N2O/c1-9(14)13-7-6-11(8-13)12-10-4-2-3-5-10/h10-12H,2-8H2,1H3. The van der Waals surface area contributed by atoms with E-state index in [-0.39, 0.29) is 5.91 Å². The lowest BCUT2D eigenvalue weighted by Gasteiger charge is -2.19. The van der Waals surface area contributed by atoms with E-state index in [1.165, 1.54) is 25.7 Å². The van der Waals surface area contributed by atoms with Gasteiger partial charge < -0.3 is 10.2 Å². The maximum atomic E-state index is 11.1. The van der Waals surface area contributed by atoms with E-state index in [2.05, 4.69) is 5.32 Å². The van der Waals surface area contributed by atoms with Crippen LogP contribution in [0.1, 0.15) is 39.0 Å². The summed E-state index contributed by atoms with van der Waals surface area (Å²) in [6.45, 7) is 3.53. The quantitative estimate of drug-likeness (QED) is 0.718. The molecule has 2 fully saturated rings. The summed E-state index contributed by atoms with van der Waals surface area (Å²) in [5.74, 6) is 0.223. The normalized spacial score (nSPS) is 28.6. The van der Waals surface area contributed by atoms with Crippen molar-refractivity contribution >= 4 is 5.91 Å². The number of carbonyl (C=O) groups is 1. The van der Waals surface area contributed by atoms with E-state index in [1.54, 1.807) is 6.92 Å². The van der Waals surface area contributed by atoms with Crippen molar-refractivity contribution in [3.05, 3.63) is 0 Å². The lowest BCUT2D eigenvalue weighted by molar-refractivity contribution is -0.127. The SMILES string of the molecule is CC(=O)N1CCC(NC2CCCC2)C1. The first kappa shape index (κ1) is 9.97. The molecule has 0 aromatic rings. The minimum absolute atomic E-state index is 0.223. The van der Waals surface area contributed by atoms with E-state index < -0.39 is 0 Å². The molecule has 1 aliphatic heterocycles. The molecule has 1 unspecified atom stereocenters. The Morgan fingerprint density at radius 3 is 2.50 bits per heavy atom. The summed E-state index contributed by atoms with van der Waals surface area (Å²) in [6, 6.07) is 1.29. The van der Waals surface area contributed by atoms with E-state index in [4.69, 9.17) is 0 Å². The first-order valence-electron chi connectivity index (χ1n) is 5.77. The molecule has 1 amide bonds. The molecule has 0 aromatic heterocycles. The van der Waals surface area contributed by atoms with Crippen LogP contribution in [0, 0.1) is 0 Å². The predicted octanol–water partition coefficient (Wildman–Crippen LogP) is 1.14. The molecule has 3 nitrogen and oxygen atoms in total. The van der Waals surface area contributed by atoms with E-state index in [1.807, 2.05) is 4.90 Å². The third kappa shape index (κ3) is 2.27. The number of nitrogens with zero attached hydrogens (tertiary/aromatic N) is 1. The van der Waals surface area contributed by atoms with E-state index in [0.29, 0.717) is 6.04 Å². The van der Waals surface area contributed by atoms with Crippen LogP contribution in [0.25, 0.3) is 0 Å². The lowest BCUT2D eigenvalue weighted by Crippen LogP contribution is -2.39. The second-order valence-corrected chi connectivity index (χ2v) is 4.60. The van der Waals surface area contributed by atoms with Crippen molar-refractivity contribution in [1.29, 1.82) is 0 Å². The molecular weight excluding hydrogens is 176 g/mol. The summed E-state index contributed by atoms with van der Waals surface area (Å²) in [7, 11) is 0. The van der Waals surface area contributed by atoms with Crippen molar-refractivity contribution in [2.24, 2.45) is 0 Å². The Hall–Kier alpha value is -0.570. The monoisotopic (exact) mass is 196 g/mol. The van der Waals surface area contributed by atoms with Gasteiger partial charge in [0.1, 0.15) is 0 Å². The average Bonchev–Trinajstić information content (AvgIpc) is 2.75. The zero-order valence-electron chi connectivity index (χ0n) is 8.96. The van der Waals surface area contributed by atoms with Crippen molar-refractivity contribution in [1.82, 2.24) is 10.2 Å². The van der Waals surface area contributed by atoms with Gasteiger partial charge in [-0.15, -0.1) is 0 Å². The summed E-state index contributed by atoms with van der Waals surface area (Å²) in [5.41, 5.74) is 0. The molecule has 1 saturated carbocycles. The number of hydrogen-bond donors (Lipinski definition) is 1. The van der Waals surface area contributed by atoms with Crippen molar-refractivity contribution in [2.45, 2.75) is 51.1 Å². The topological polar surface area (TPSA) is 32.3 Å². The third-order valence-corrected chi connectivity index (χ3v) is 3.46. The highest BCUT2D eigenvalue weighted by atomic mass is 16.2. The van der Waals surface area contributed by atoms with Crippen molar-refractivity contribution in [3.63, 3.8) is 0 Å². The fraction of sp³-hybridized carbons (Fsp3) is 0.909.